The summed E-state index contributed by atoms with van der Waals surface area (Å²) in [7, 11) is 0. The Morgan fingerprint density at radius 3 is 1.22 bits per heavy atom. The molecule has 0 aliphatic carbocycles. The quantitative estimate of drug-likeness (QED) is 0.137. The molecule has 7 rings (SSSR count). The highest BCUT2D eigenvalue weighted by Gasteiger charge is 2.18. The number of rotatable bonds is 12. The van der Waals surface area contributed by atoms with Gasteiger partial charge in [-0.25, -0.2) is 9.97 Å². The summed E-state index contributed by atoms with van der Waals surface area (Å²) in [5.74, 6) is 0. The first-order valence-corrected chi connectivity index (χ1v) is 18.9. The van der Waals surface area contributed by atoms with Crippen molar-refractivity contribution in [1.82, 2.24) is 19.9 Å². The number of aromatic nitrogens is 4. The summed E-state index contributed by atoms with van der Waals surface area (Å²) in [4.78, 5) is 18.5. The van der Waals surface area contributed by atoms with E-state index in [0.29, 0.717) is 0 Å². The van der Waals surface area contributed by atoms with Crippen molar-refractivity contribution in [3.8, 4) is 22.3 Å². The lowest BCUT2D eigenvalue weighted by atomic mass is 10.0. The summed E-state index contributed by atoms with van der Waals surface area (Å²) in [6.45, 7) is 8.99. The van der Waals surface area contributed by atoms with Crippen LogP contribution < -0.4 is 0 Å². The molecular weight excluding hydrogens is 609 g/mol. The van der Waals surface area contributed by atoms with Gasteiger partial charge in [0.25, 0.3) is 0 Å². The summed E-state index contributed by atoms with van der Waals surface area (Å²) in [5.41, 5.74) is 18.3. The first-order chi connectivity index (χ1) is 24.6. The van der Waals surface area contributed by atoms with Gasteiger partial charge < -0.3 is 9.97 Å². The van der Waals surface area contributed by atoms with E-state index in [1.54, 1.807) is 0 Å². The fourth-order valence-electron chi connectivity index (χ4n) is 7.40. The predicted molar refractivity (Wildman–Crippen MR) is 215 cm³/mol. The molecule has 0 unspecified atom stereocenters. The second-order valence-corrected chi connectivity index (χ2v) is 13.8. The molecule has 4 nitrogen and oxygen atoms in total. The Morgan fingerprint density at radius 1 is 0.400 bits per heavy atom. The Balaban J connectivity index is 1.53. The Labute approximate surface area is 297 Å². The molecule has 254 valence electrons. The first kappa shape index (κ1) is 33.5. The lowest BCUT2D eigenvalue weighted by molar-refractivity contribution is 0.795. The zero-order chi connectivity index (χ0) is 34.5. The van der Waals surface area contributed by atoms with Gasteiger partial charge in [0, 0.05) is 38.8 Å². The van der Waals surface area contributed by atoms with Gasteiger partial charge in [-0.2, -0.15) is 0 Å². The van der Waals surface area contributed by atoms with Crippen LogP contribution in [0.4, 0.5) is 0 Å². The lowest BCUT2D eigenvalue weighted by Gasteiger charge is -2.07. The van der Waals surface area contributed by atoms with Gasteiger partial charge in [0.1, 0.15) is 0 Å². The highest BCUT2D eigenvalue weighted by Crippen LogP contribution is 2.35. The highest BCUT2D eigenvalue weighted by molar-refractivity contribution is 5.94. The van der Waals surface area contributed by atoms with Crippen LogP contribution >= 0.6 is 0 Å². The molecule has 0 saturated heterocycles. The monoisotopic (exact) mass is 658 g/mol. The molecule has 0 saturated carbocycles. The van der Waals surface area contributed by atoms with E-state index >= 15 is 0 Å². The van der Waals surface area contributed by atoms with Crippen molar-refractivity contribution in [3.63, 3.8) is 0 Å². The van der Waals surface area contributed by atoms with E-state index in [1.165, 1.54) is 59.1 Å². The third-order valence-electron chi connectivity index (χ3n) is 10.1. The van der Waals surface area contributed by atoms with Crippen LogP contribution in [-0.2, 0) is 25.7 Å². The van der Waals surface area contributed by atoms with Gasteiger partial charge in [-0.1, -0.05) is 102 Å². The molecule has 5 heterocycles. The Bertz CT molecular complexity index is 2040. The van der Waals surface area contributed by atoms with Crippen LogP contribution in [0.3, 0.4) is 0 Å². The molecule has 2 N–H and O–H groups in total. The van der Waals surface area contributed by atoms with Crippen molar-refractivity contribution in [2.75, 3.05) is 0 Å². The van der Waals surface area contributed by atoms with Gasteiger partial charge in [-0.05, 0) is 115 Å². The molecule has 0 radical (unpaired) electrons. The van der Waals surface area contributed by atoms with Crippen LogP contribution in [0.1, 0.15) is 111 Å². The predicted octanol–water partition coefficient (Wildman–Crippen LogP) is 12.6. The molecule has 5 aromatic rings. The lowest BCUT2D eigenvalue weighted by Crippen LogP contribution is -1.94. The third-order valence-corrected chi connectivity index (χ3v) is 10.1. The van der Waals surface area contributed by atoms with Gasteiger partial charge in [0.2, 0.25) is 0 Å². The number of aromatic amines is 2. The molecule has 2 aromatic carbocycles. The van der Waals surface area contributed by atoms with Gasteiger partial charge in [-0.15, -0.1) is 0 Å². The molecule has 0 spiro atoms. The smallest absolute Gasteiger partial charge is 0.0737 e. The molecule has 8 bridgehead atoms. The number of nitrogens with one attached hydrogen (secondary N) is 2. The molecule has 0 amide bonds. The standard InChI is InChI=1S/C46H50N4/c1-5-9-13-31-15-19-33(20-16-31)45-41-27-23-37(47-41)35(11-7-3)39-25-29-43(49-39)46(34-21-17-32(18-22-34)14-10-6-2)44-30-26-40(50-44)36(12-8-4)38-24-28-42(45)48-38/h15-30,47,49H,5-14H2,1-4H3. The topological polar surface area (TPSA) is 57.4 Å². The van der Waals surface area contributed by atoms with E-state index in [4.69, 9.17) is 9.97 Å². The molecular formula is C46H50N4. The van der Waals surface area contributed by atoms with Crippen molar-refractivity contribution >= 4 is 46.4 Å². The van der Waals surface area contributed by atoms with E-state index in [2.05, 4.69) is 135 Å². The Hall–Kier alpha value is -4.96. The molecule has 0 atom stereocenters. The third kappa shape index (κ3) is 6.89. The maximum absolute atomic E-state index is 5.36. The average Bonchev–Trinajstić information content (AvgIpc) is 3.98. The minimum atomic E-state index is 0.907. The second-order valence-electron chi connectivity index (χ2n) is 13.8. The number of aryl methyl sites for hydroxylation is 3. The highest BCUT2D eigenvalue weighted by atomic mass is 14.8. The van der Waals surface area contributed by atoms with Crippen LogP contribution in [0.5, 0.6) is 0 Å². The van der Waals surface area contributed by atoms with Crippen molar-refractivity contribution in [2.24, 2.45) is 0 Å². The fraction of sp³-hybridized carbons (Fsp3) is 0.304. The summed E-state index contributed by atoms with van der Waals surface area (Å²) in [5, 5.41) is 0. The SMILES string of the molecule is CCCCc1ccc(-c2c3nc(c(CCC)c4nc(c(-c5ccc(CCCC)cc5)c5ccc([nH]5)c(CCC)c5ccc2[nH]5)C=C4)C=C3)cc1. The van der Waals surface area contributed by atoms with E-state index in [1.807, 2.05) is 0 Å². The van der Waals surface area contributed by atoms with Crippen LogP contribution in [0.25, 0.3) is 68.6 Å². The van der Waals surface area contributed by atoms with E-state index in [9.17, 15) is 0 Å². The van der Waals surface area contributed by atoms with Crippen LogP contribution in [-0.4, -0.2) is 19.9 Å². The zero-order valence-electron chi connectivity index (χ0n) is 30.2. The second kappa shape index (κ2) is 15.3. The molecule has 50 heavy (non-hydrogen) atoms. The minimum absolute atomic E-state index is 0.907. The number of hydrogen-bond donors (Lipinski definition) is 2. The maximum Gasteiger partial charge on any atom is 0.0737 e. The van der Waals surface area contributed by atoms with E-state index < -0.39 is 0 Å². The van der Waals surface area contributed by atoms with Crippen molar-refractivity contribution in [3.05, 3.63) is 118 Å². The van der Waals surface area contributed by atoms with Gasteiger partial charge in [0.15, 0.2) is 0 Å². The van der Waals surface area contributed by atoms with Crippen molar-refractivity contribution in [2.45, 2.75) is 91.9 Å². The van der Waals surface area contributed by atoms with Crippen molar-refractivity contribution in [1.29, 1.82) is 0 Å². The largest absolute Gasteiger partial charge is 0.355 e. The van der Waals surface area contributed by atoms with Gasteiger partial charge in [-0.3, -0.25) is 0 Å². The summed E-state index contributed by atoms with van der Waals surface area (Å²) in [6.07, 6.45) is 19.7. The molecule has 0 fully saturated rings. The summed E-state index contributed by atoms with van der Waals surface area (Å²) in [6, 6.07) is 27.2. The van der Waals surface area contributed by atoms with Crippen LogP contribution in [0, 0.1) is 0 Å². The zero-order valence-corrected chi connectivity index (χ0v) is 30.2. The van der Waals surface area contributed by atoms with E-state index in [-0.39, 0.29) is 0 Å². The van der Waals surface area contributed by atoms with Crippen LogP contribution in [0.2, 0.25) is 0 Å². The number of unbranched alkanes of at least 4 members (excludes halogenated alkanes) is 2. The molecule has 4 heteroatoms. The summed E-state index contributed by atoms with van der Waals surface area (Å²) < 4.78 is 0. The number of hydrogen-bond acceptors (Lipinski definition) is 2. The Kier molecular flexibility index (Phi) is 10.3. The number of benzene rings is 2. The number of H-pyrrole nitrogens is 2. The number of nitrogens with zero attached hydrogens (tertiary/aromatic N) is 2. The maximum atomic E-state index is 5.36. The fourth-order valence-corrected chi connectivity index (χ4v) is 7.40. The van der Waals surface area contributed by atoms with Gasteiger partial charge in [0.05, 0.1) is 22.8 Å². The van der Waals surface area contributed by atoms with Crippen molar-refractivity contribution < 1.29 is 0 Å². The minimum Gasteiger partial charge on any atom is -0.355 e. The number of fused-ring (bicyclic) bond motifs is 8. The Morgan fingerprint density at radius 2 is 0.800 bits per heavy atom. The molecule has 3 aromatic heterocycles. The molecule has 2 aliphatic rings. The normalized spacial score (nSPS) is 12.2. The van der Waals surface area contributed by atoms with Crippen LogP contribution in [0.15, 0.2) is 72.8 Å². The average molecular weight is 659 g/mol. The first-order valence-electron chi connectivity index (χ1n) is 18.9. The molecule has 2 aliphatic heterocycles. The summed E-state index contributed by atoms with van der Waals surface area (Å²) >= 11 is 0. The van der Waals surface area contributed by atoms with Gasteiger partial charge >= 0.3 is 0 Å². The van der Waals surface area contributed by atoms with E-state index in [0.717, 1.165) is 94.5 Å².